The van der Waals surface area contributed by atoms with E-state index in [2.05, 4.69) is 4.90 Å². The van der Waals surface area contributed by atoms with Crippen LogP contribution in [0.15, 0.2) is 24.3 Å². The van der Waals surface area contributed by atoms with E-state index in [0.717, 1.165) is 57.7 Å². The second kappa shape index (κ2) is 22.7. The van der Waals surface area contributed by atoms with Crippen molar-refractivity contribution in [3.63, 3.8) is 0 Å². The Kier molecular flexibility index (Phi) is 21.3. The predicted octanol–water partition coefficient (Wildman–Crippen LogP) is 1.14. The van der Waals surface area contributed by atoms with Crippen LogP contribution in [-0.2, 0) is 14.3 Å². The fourth-order valence-corrected chi connectivity index (χ4v) is 4.99. The summed E-state index contributed by atoms with van der Waals surface area (Å²) in [5.74, 6) is 1.31. The van der Waals surface area contributed by atoms with Crippen LogP contribution in [0.25, 0.3) is 0 Å². The number of carbonyl (C=O) groups excluding carboxylic acids is 2. The van der Waals surface area contributed by atoms with Crippen LogP contribution < -0.4 is 45.7 Å². The molecule has 12 nitrogen and oxygen atoms in total. The number of hydrogen-bond acceptors (Lipinski definition) is 10. The normalized spacial score (nSPS) is 14.2. The molecule has 48 heavy (non-hydrogen) atoms. The Morgan fingerprint density at radius 2 is 1.04 bits per heavy atom. The maximum atomic E-state index is 12.4. The van der Waals surface area contributed by atoms with E-state index in [-0.39, 0.29) is 57.4 Å². The molecule has 4 rings (SSSR count). The molecule has 2 saturated heterocycles. The Bertz CT molecular complexity index is 1160. The molecular weight excluding hydrogens is 756 g/mol. The van der Waals surface area contributed by atoms with Crippen molar-refractivity contribution in [3.8, 4) is 23.0 Å². The lowest BCUT2D eigenvalue weighted by Crippen LogP contribution is -3.09. The highest BCUT2D eigenvalue weighted by atomic mass is 79.9. The topological polar surface area (TPSA) is 135 Å². The molecule has 0 aliphatic carbocycles. The summed E-state index contributed by atoms with van der Waals surface area (Å²) in [5.41, 5.74) is 3.12. The minimum Gasteiger partial charge on any atom is -1.00 e. The number of halogens is 2. The van der Waals surface area contributed by atoms with Gasteiger partial charge in [-0.15, -0.1) is 17.0 Å². The second-order valence-corrected chi connectivity index (χ2v) is 11.4. The van der Waals surface area contributed by atoms with Crippen LogP contribution in [0, 0.1) is 11.8 Å². The molecule has 0 bridgehead atoms. The maximum absolute atomic E-state index is 12.4. The van der Waals surface area contributed by atoms with E-state index in [1.54, 1.807) is 28.4 Å². The first-order valence-electron chi connectivity index (χ1n) is 15.4. The first-order valence-corrected chi connectivity index (χ1v) is 15.4. The van der Waals surface area contributed by atoms with Crippen molar-refractivity contribution in [1.29, 1.82) is 0 Å². The van der Waals surface area contributed by atoms with E-state index < -0.39 is 5.97 Å². The molecule has 0 saturated carbocycles. The number of ether oxygens (including phenoxy) is 6. The Balaban J connectivity index is 0.000000798. The number of carbonyl (C=O) groups is 3. The molecule has 2 aromatic carbocycles. The maximum Gasteiger partial charge on any atom is 0.300 e. The molecule has 0 atom stereocenters. The van der Waals surface area contributed by atoms with Crippen LogP contribution in [0.5, 0.6) is 23.0 Å². The second-order valence-electron chi connectivity index (χ2n) is 11.4. The molecule has 2 N–H and O–H groups in total. The number of hydrogen-bond donors (Lipinski definition) is 2. The molecule has 2 heterocycles. The Morgan fingerprint density at radius 3 is 1.38 bits per heavy atom. The van der Waals surface area contributed by atoms with Gasteiger partial charge >= 0.3 is 0 Å². The van der Waals surface area contributed by atoms with Crippen LogP contribution in [0.1, 0.15) is 55.3 Å². The Morgan fingerprint density at radius 1 is 0.708 bits per heavy atom. The number of Topliss-reactive ketones (excluding diaryl/α,β-unsaturated/α-hetero) is 2. The third-order valence-corrected chi connectivity index (χ3v) is 7.42. The number of ketones is 2. The van der Waals surface area contributed by atoms with E-state index in [1.165, 1.54) is 4.90 Å². The molecular formula is C34H52Br2N2O10. The summed E-state index contributed by atoms with van der Waals surface area (Å²) in [4.78, 5) is 37.3. The summed E-state index contributed by atoms with van der Waals surface area (Å²) < 4.78 is 32.5. The average molecular weight is 809 g/mol. The number of carboxylic acid groups (broad SMARTS) is 1. The summed E-state index contributed by atoms with van der Waals surface area (Å²) in [7, 11) is 6.33. The van der Waals surface area contributed by atoms with Gasteiger partial charge in [0.1, 0.15) is 52.9 Å². The van der Waals surface area contributed by atoms with Crippen molar-refractivity contribution in [3.05, 3.63) is 35.4 Å². The SMILES string of the molecule is Br.CC(=O)O.COc1cc(N2CCOCC2)cc(OC)c1C(=O)C(C)C.COc1cc([NH+]2CCOCC2)cc(OC)c1C(=O)C(C)C.[Br-]. The van der Waals surface area contributed by atoms with Gasteiger partial charge in [-0.3, -0.25) is 19.3 Å². The van der Waals surface area contributed by atoms with Gasteiger partial charge in [0.25, 0.3) is 5.97 Å². The molecule has 2 fully saturated rings. The minimum absolute atomic E-state index is 0. The van der Waals surface area contributed by atoms with Gasteiger partial charge in [-0.05, 0) is 0 Å². The fourth-order valence-electron chi connectivity index (χ4n) is 4.99. The van der Waals surface area contributed by atoms with Gasteiger partial charge in [-0.1, -0.05) is 27.7 Å². The van der Waals surface area contributed by atoms with Crippen LogP contribution in [0.3, 0.4) is 0 Å². The number of benzene rings is 2. The van der Waals surface area contributed by atoms with E-state index in [4.69, 9.17) is 38.3 Å². The van der Waals surface area contributed by atoms with Crippen molar-refractivity contribution >= 4 is 45.9 Å². The molecule has 2 aliphatic rings. The van der Waals surface area contributed by atoms with Gasteiger partial charge in [0, 0.05) is 61.8 Å². The van der Waals surface area contributed by atoms with Crippen LogP contribution in [0.4, 0.5) is 11.4 Å². The fraction of sp³-hybridized carbons (Fsp3) is 0.559. The summed E-state index contributed by atoms with van der Waals surface area (Å²) in [5, 5.41) is 7.42. The number of quaternary nitrogens is 1. The zero-order valence-corrected chi connectivity index (χ0v) is 32.8. The van der Waals surface area contributed by atoms with Gasteiger partial charge in [0.15, 0.2) is 11.6 Å². The van der Waals surface area contributed by atoms with E-state index in [1.807, 2.05) is 52.0 Å². The number of rotatable bonds is 10. The number of methoxy groups -OCH3 is 4. The molecule has 0 radical (unpaired) electrons. The van der Waals surface area contributed by atoms with E-state index >= 15 is 0 Å². The summed E-state index contributed by atoms with van der Waals surface area (Å²) in [6.07, 6.45) is 0. The van der Waals surface area contributed by atoms with Crippen LogP contribution in [0.2, 0.25) is 0 Å². The first-order chi connectivity index (χ1) is 21.9. The van der Waals surface area contributed by atoms with Gasteiger partial charge < -0.3 is 55.4 Å². The summed E-state index contributed by atoms with van der Waals surface area (Å²) >= 11 is 0. The number of aliphatic carboxylic acids is 1. The quantitative estimate of drug-likeness (QED) is 0.335. The highest BCUT2D eigenvalue weighted by Gasteiger charge is 2.27. The standard InChI is InChI=1S/2C16H23NO4.C2H4O2.2BrH/c2*1-11(2)16(18)15-13(19-3)9-12(10-14(15)20-4)17-5-7-21-8-6-17;1-2(3)4;;/h2*9-11H,5-8H2,1-4H3;1H3,(H,3,4);2*1H. The van der Waals surface area contributed by atoms with E-state index in [0.29, 0.717) is 47.3 Å². The molecule has 0 aromatic heterocycles. The van der Waals surface area contributed by atoms with Crippen LogP contribution in [-0.4, -0.2) is 104 Å². The van der Waals surface area contributed by atoms with Crippen molar-refractivity contribution < 1.29 is 69.8 Å². The van der Waals surface area contributed by atoms with Crippen molar-refractivity contribution in [2.45, 2.75) is 34.6 Å². The van der Waals surface area contributed by atoms with E-state index in [9.17, 15) is 9.59 Å². The smallest absolute Gasteiger partial charge is 0.300 e. The molecule has 14 heteroatoms. The lowest BCUT2D eigenvalue weighted by molar-refractivity contribution is -0.842. The number of anilines is 1. The highest BCUT2D eigenvalue weighted by molar-refractivity contribution is 8.93. The highest BCUT2D eigenvalue weighted by Crippen LogP contribution is 2.36. The number of nitrogens with zero attached hydrogens (tertiary/aromatic N) is 1. The van der Waals surface area contributed by atoms with Gasteiger partial charge in [-0.25, -0.2) is 0 Å². The Hall–Kier alpha value is -2.91. The molecule has 0 spiro atoms. The molecule has 2 aliphatic heterocycles. The Labute approximate surface area is 305 Å². The average Bonchev–Trinajstić information content (AvgIpc) is 3.06. The summed E-state index contributed by atoms with van der Waals surface area (Å²) in [6.45, 7) is 14.9. The minimum atomic E-state index is -0.833. The zero-order chi connectivity index (χ0) is 34.4. The largest absolute Gasteiger partial charge is 1.00 e. The van der Waals surface area contributed by atoms with Gasteiger partial charge in [-0.2, -0.15) is 0 Å². The molecule has 0 amide bonds. The summed E-state index contributed by atoms with van der Waals surface area (Å²) in [6, 6.07) is 7.70. The van der Waals surface area contributed by atoms with Crippen molar-refractivity contribution in [1.82, 2.24) is 0 Å². The first kappa shape index (κ1) is 45.1. The predicted molar refractivity (Wildman–Crippen MR) is 185 cm³/mol. The number of carboxylic acids is 1. The lowest BCUT2D eigenvalue weighted by atomic mass is 9.98. The van der Waals surface area contributed by atoms with Crippen LogP contribution >= 0.6 is 17.0 Å². The van der Waals surface area contributed by atoms with Gasteiger partial charge in [0.2, 0.25) is 0 Å². The number of nitrogens with one attached hydrogen (secondary N) is 1. The lowest BCUT2D eigenvalue weighted by Gasteiger charge is -2.30. The molecule has 0 unspecified atom stereocenters. The third-order valence-electron chi connectivity index (χ3n) is 7.42. The van der Waals surface area contributed by atoms with Crippen molar-refractivity contribution in [2.24, 2.45) is 11.8 Å². The molecule has 2 aromatic rings. The van der Waals surface area contributed by atoms with Crippen molar-refractivity contribution in [2.75, 3.05) is 85.9 Å². The number of morpholine rings is 2. The monoisotopic (exact) mass is 806 g/mol. The third kappa shape index (κ3) is 12.8. The van der Waals surface area contributed by atoms with Gasteiger partial charge in [0.05, 0.1) is 54.9 Å². The zero-order valence-electron chi connectivity index (χ0n) is 29.5. The molecule has 272 valence electrons.